The molecular formula is C18H16ClFN2O2. The highest BCUT2D eigenvalue weighted by Gasteiger charge is 2.30. The van der Waals surface area contributed by atoms with Crippen LogP contribution in [-0.4, -0.2) is 24.9 Å². The third kappa shape index (κ3) is 3.74. The van der Waals surface area contributed by atoms with Gasteiger partial charge in [0.05, 0.1) is 0 Å². The monoisotopic (exact) mass is 346 g/mol. The van der Waals surface area contributed by atoms with Crippen LogP contribution in [0, 0.1) is 11.7 Å². The first-order valence-corrected chi connectivity index (χ1v) is 8.00. The zero-order valence-corrected chi connectivity index (χ0v) is 13.6. The highest BCUT2D eigenvalue weighted by Crippen LogP contribution is 2.26. The van der Waals surface area contributed by atoms with E-state index < -0.39 is 5.82 Å². The minimum atomic E-state index is -0.451. The van der Waals surface area contributed by atoms with Crippen LogP contribution in [-0.2, 0) is 4.79 Å². The molecule has 2 aromatic carbocycles. The number of carbonyl (C=O) groups excluding carboxylic acids is 2. The molecule has 1 atom stereocenters. The maximum atomic E-state index is 13.1. The summed E-state index contributed by atoms with van der Waals surface area (Å²) in [5.74, 6) is -0.757. The number of halogens is 2. The molecule has 124 valence electrons. The van der Waals surface area contributed by atoms with Gasteiger partial charge in [-0.1, -0.05) is 17.7 Å². The zero-order valence-electron chi connectivity index (χ0n) is 12.8. The van der Waals surface area contributed by atoms with E-state index in [9.17, 15) is 14.0 Å². The lowest BCUT2D eigenvalue weighted by atomic mass is 10.1. The van der Waals surface area contributed by atoms with Crippen molar-refractivity contribution in [1.29, 1.82) is 0 Å². The molecule has 0 spiro atoms. The lowest BCUT2D eigenvalue weighted by Gasteiger charge is -2.17. The van der Waals surface area contributed by atoms with Crippen molar-refractivity contribution in [3.63, 3.8) is 0 Å². The molecule has 0 saturated carbocycles. The Balaban J connectivity index is 1.58. The van der Waals surface area contributed by atoms with Crippen molar-refractivity contribution in [3.8, 4) is 0 Å². The summed E-state index contributed by atoms with van der Waals surface area (Å²) in [4.78, 5) is 25.9. The van der Waals surface area contributed by atoms with Crippen molar-refractivity contribution >= 4 is 29.1 Å². The summed E-state index contributed by atoms with van der Waals surface area (Å²) >= 11 is 5.86. The molecule has 2 aromatic rings. The smallest absolute Gasteiger partial charge is 0.251 e. The molecule has 4 nitrogen and oxygen atoms in total. The van der Waals surface area contributed by atoms with Crippen molar-refractivity contribution in [2.24, 2.45) is 5.92 Å². The Labute approximate surface area is 144 Å². The molecule has 1 fully saturated rings. The Kier molecular flexibility index (Phi) is 4.81. The van der Waals surface area contributed by atoms with Crippen molar-refractivity contribution in [1.82, 2.24) is 5.32 Å². The van der Waals surface area contributed by atoms with E-state index in [2.05, 4.69) is 5.32 Å². The Bertz CT molecular complexity index is 764. The first-order valence-electron chi connectivity index (χ1n) is 7.62. The largest absolute Gasteiger partial charge is 0.352 e. The minimum Gasteiger partial charge on any atom is -0.352 e. The first-order chi connectivity index (χ1) is 11.5. The van der Waals surface area contributed by atoms with Crippen molar-refractivity contribution in [2.45, 2.75) is 6.42 Å². The van der Waals surface area contributed by atoms with Crippen LogP contribution in [0.2, 0.25) is 5.02 Å². The fraction of sp³-hybridized carbons (Fsp3) is 0.222. The highest BCUT2D eigenvalue weighted by atomic mass is 35.5. The average Bonchev–Trinajstić information content (AvgIpc) is 2.94. The zero-order chi connectivity index (χ0) is 17.1. The van der Waals surface area contributed by atoms with Gasteiger partial charge in [-0.25, -0.2) is 4.39 Å². The predicted octanol–water partition coefficient (Wildman–Crippen LogP) is 3.26. The molecule has 0 radical (unpaired) electrons. The number of benzene rings is 2. The molecule has 1 aliphatic rings. The maximum Gasteiger partial charge on any atom is 0.251 e. The van der Waals surface area contributed by atoms with Crippen LogP contribution < -0.4 is 10.2 Å². The summed E-state index contributed by atoms with van der Waals surface area (Å²) < 4.78 is 13.1. The second-order valence-corrected chi connectivity index (χ2v) is 6.21. The van der Waals surface area contributed by atoms with Crippen LogP contribution >= 0.6 is 11.6 Å². The molecule has 1 N–H and O–H groups in total. The van der Waals surface area contributed by atoms with Gasteiger partial charge in [0.15, 0.2) is 0 Å². The third-order valence-electron chi connectivity index (χ3n) is 3.98. The van der Waals surface area contributed by atoms with Crippen LogP contribution in [0.3, 0.4) is 0 Å². The molecule has 0 unspecified atom stereocenters. The van der Waals surface area contributed by atoms with E-state index in [0.29, 0.717) is 24.5 Å². The summed E-state index contributed by atoms with van der Waals surface area (Å²) in [5.41, 5.74) is 1.07. The molecule has 3 rings (SSSR count). The van der Waals surface area contributed by atoms with Crippen molar-refractivity contribution < 1.29 is 14.0 Å². The summed E-state index contributed by atoms with van der Waals surface area (Å²) in [7, 11) is 0. The third-order valence-corrected chi connectivity index (χ3v) is 4.23. The van der Waals surface area contributed by atoms with Gasteiger partial charge in [-0.15, -0.1) is 0 Å². The average molecular weight is 347 g/mol. The van der Waals surface area contributed by atoms with Crippen LogP contribution in [0.15, 0.2) is 48.5 Å². The second kappa shape index (κ2) is 7.01. The Morgan fingerprint density at radius 1 is 1.25 bits per heavy atom. The van der Waals surface area contributed by atoms with E-state index in [-0.39, 0.29) is 23.3 Å². The van der Waals surface area contributed by atoms with E-state index in [1.165, 1.54) is 18.2 Å². The maximum absolute atomic E-state index is 13.1. The summed E-state index contributed by atoms with van der Waals surface area (Å²) in [5, 5.41) is 3.38. The molecule has 1 heterocycles. The van der Waals surface area contributed by atoms with E-state index in [0.717, 1.165) is 5.69 Å². The van der Waals surface area contributed by atoms with Crippen LogP contribution in [0.5, 0.6) is 0 Å². The van der Waals surface area contributed by atoms with Crippen LogP contribution in [0.4, 0.5) is 10.1 Å². The number of nitrogens with one attached hydrogen (secondary N) is 1. The lowest BCUT2D eigenvalue weighted by molar-refractivity contribution is -0.117. The number of hydrogen-bond donors (Lipinski definition) is 1. The van der Waals surface area contributed by atoms with Gasteiger partial charge < -0.3 is 10.2 Å². The predicted molar refractivity (Wildman–Crippen MR) is 90.6 cm³/mol. The molecule has 1 saturated heterocycles. The second-order valence-electron chi connectivity index (χ2n) is 5.77. The number of rotatable bonds is 4. The number of carbonyl (C=O) groups is 2. The highest BCUT2D eigenvalue weighted by molar-refractivity contribution is 6.30. The van der Waals surface area contributed by atoms with E-state index in [4.69, 9.17) is 11.6 Å². The topological polar surface area (TPSA) is 49.4 Å². The number of hydrogen-bond acceptors (Lipinski definition) is 2. The van der Waals surface area contributed by atoms with Crippen molar-refractivity contribution in [2.75, 3.05) is 18.0 Å². The first kappa shape index (κ1) is 16.5. The fourth-order valence-corrected chi connectivity index (χ4v) is 2.88. The number of anilines is 1. The van der Waals surface area contributed by atoms with Gasteiger partial charge >= 0.3 is 0 Å². The quantitative estimate of drug-likeness (QED) is 0.923. The minimum absolute atomic E-state index is 0.0160. The van der Waals surface area contributed by atoms with Gasteiger partial charge in [0.25, 0.3) is 5.91 Å². The summed E-state index contributed by atoms with van der Waals surface area (Å²) in [6, 6.07) is 12.6. The van der Waals surface area contributed by atoms with E-state index in [1.807, 2.05) is 0 Å². The Morgan fingerprint density at radius 2 is 2.00 bits per heavy atom. The van der Waals surface area contributed by atoms with Gasteiger partial charge in [0, 0.05) is 41.7 Å². The Morgan fingerprint density at radius 3 is 2.71 bits per heavy atom. The molecule has 0 bridgehead atoms. The molecule has 2 amide bonds. The normalized spacial score (nSPS) is 17.2. The van der Waals surface area contributed by atoms with Gasteiger partial charge in [0.1, 0.15) is 5.82 Å². The molecule has 0 aromatic heterocycles. The summed E-state index contributed by atoms with van der Waals surface area (Å²) in [6.45, 7) is 0.898. The van der Waals surface area contributed by atoms with Crippen molar-refractivity contribution in [3.05, 3.63) is 64.9 Å². The molecular weight excluding hydrogens is 331 g/mol. The molecule has 0 aliphatic carbocycles. The number of amides is 2. The standard InChI is InChI=1S/C18H16ClFN2O2/c19-14-4-6-16(7-5-14)22-11-12(8-17(22)23)10-21-18(24)13-2-1-3-15(20)9-13/h1-7,9,12H,8,10-11H2,(H,21,24)/t12-/m1/s1. The van der Waals surface area contributed by atoms with Crippen LogP contribution in [0.25, 0.3) is 0 Å². The lowest BCUT2D eigenvalue weighted by Crippen LogP contribution is -2.31. The van der Waals surface area contributed by atoms with E-state index in [1.54, 1.807) is 35.2 Å². The fourth-order valence-electron chi connectivity index (χ4n) is 2.76. The molecule has 6 heteroatoms. The molecule has 1 aliphatic heterocycles. The van der Waals surface area contributed by atoms with Gasteiger partial charge in [0.2, 0.25) is 5.91 Å². The summed E-state index contributed by atoms with van der Waals surface area (Å²) in [6.07, 6.45) is 0.367. The number of nitrogens with zero attached hydrogens (tertiary/aromatic N) is 1. The van der Waals surface area contributed by atoms with Crippen LogP contribution in [0.1, 0.15) is 16.8 Å². The Hall–Kier alpha value is -2.40. The van der Waals surface area contributed by atoms with Gasteiger partial charge in [-0.2, -0.15) is 0 Å². The SMILES string of the molecule is O=C(NC[C@H]1CC(=O)N(c2ccc(Cl)cc2)C1)c1cccc(F)c1. The molecule has 24 heavy (non-hydrogen) atoms. The van der Waals surface area contributed by atoms with E-state index >= 15 is 0 Å². The van der Waals surface area contributed by atoms with Gasteiger partial charge in [-0.3, -0.25) is 9.59 Å². The van der Waals surface area contributed by atoms with Gasteiger partial charge in [-0.05, 0) is 42.5 Å².